The Labute approximate surface area is 162 Å². The number of H-pyrrole nitrogens is 1. The first-order chi connectivity index (χ1) is 13.0. The Balaban J connectivity index is 1.59. The Hall–Kier alpha value is -1.86. The van der Waals surface area contributed by atoms with Crippen LogP contribution in [-0.4, -0.2) is 24.4 Å². The minimum atomic E-state index is -3.65. The molecule has 6 nitrogen and oxygen atoms in total. The zero-order valence-corrected chi connectivity index (χ0v) is 16.8. The molecule has 7 heteroatoms. The molecule has 3 N–H and O–H groups in total. The summed E-state index contributed by atoms with van der Waals surface area (Å²) in [5.41, 5.74) is 1.54. The Morgan fingerprint density at radius 1 is 1.19 bits per heavy atom. The van der Waals surface area contributed by atoms with Crippen LogP contribution < -0.4 is 10.0 Å². The highest BCUT2D eigenvalue weighted by Gasteiger charge is 2.18. The first-order valence-corrected chi connectivity index (χ1v) is 11.4. The maximum absolute atomic E-state index is 12.4. The van der Waals surface area contributed by atoms with Crippen LogP contribution in [0.5, 0.6) is 0 Å². The van der Waals surface area contributed by atoms with Gasteiger partial charge in [0, 0.05) is 12.6 Å². The van der Waals surface area contributed by atoms with Gasteiger partial charge in [-0.1, -0.05) is 56.7 Å². The second kappa shape index (κ2) is 9.37. The van der Waals surface area contributed by atoms with Crippen LogP contribution in [0.4, 0.5) is 5.69 Å². The van der Waals surface area contributed by atoms with Gasteiger partial charge >= 0.3 is 0 Å². The number of anilines is 1. The molecule has 0 amide bonds. The third kappa shape index (κ3) is 5.81. The molecule has 1 aromatic heterocycles. The molecule has 1 aliphatic carbocycles. The first kappa shape index (κ1) is 19.9. The monoisotopic (exact) mass is 390 g/mol. The number of hydrogen-bond donors (Lipinski definition) is 3. The maximum atomic E-state index is 12.4. The van der Waals surface area contributed by atoms with Gasteiger partial charge in [0.1, 0.15) is 0 Å². The van der Waals surface area contributed by atoms with Crippen molar-refractivity contribution in [3.05, 3.63) is 42.4 Å². The molecule has 1 aromatic carbocycles. The van der Waals surface area contributed by atoms with Crippen LogP contribution in [0, 0.1) is 5.92 Å². The van der Waals surface area contributed by atoms with Crippen LogP contribution in [0.15, 0.2) is 41.8 Å². The molecule has 0 bridgehead atoms. The SMILES string of the molecule is C[C@@H](CC1CCCCCC1)NCc1ccccc1NS(=O)(=O)c1cnc[nH]1. The van der Waals surface area contributed by atoms with E-state index in [1.807, 2.05) is 18.2 Å². The van der Waals surface area contributed by atoms with Gasteiger partial charge in [-0.05, 0) is 30.9 Å². The van der Waals surface area contributed by atoms with Crippen molar-refractivity contribution >= 4 is 15.7 Å². The summed E-state index contributed by atoms with van der Waals surface area (Å²) in [6.07, 6.45) is 12.0. The number of benzene rings is 1. The molecule has 0 unspecified atom stereocenters. The molecule has 0 aliphatic heterocycles. The quantitative estimate of drug-likeness (QED) is 0.594. The van der Waals surface area contributed by atoms with E-state index in [-0.39, 0.29) is 5.03 Å². The number of sulfonamides is 1. The van der Waals surface area contributed by atoms with E-state index in [2.05, 4.69) is 26.9 Å². The Morgan fingerprint density at radius 3 is 2.63 bits per heavy atom. The maximum Gasteiger partial charge on any atom is 0.278 e. The van der Waals surface area contributed by atoms with E-state index in [1.165, 1.54) is 57.5 Å². The van der Waals surface area contributed by atoms with Crippen LogP contribution >= 0.6 is 0 Å². The van der Waals surface area contributed by atoms with Crippen molar-refractivity contribution in [2.75, 3.05) is 4.72 Å². The van der Waals surface area contributed by atoms with Gasteiger partial charge in [0.15, 0.2) is 5.03 Å². The number of para-hydroxylation sites is 1. The number of aromatic nitrogens is 2. The molecule has 0 saturated heterocycles. The summed E-state index contributed by atoms with van der Waals surface area (Å²) < 4.78 is 27.6. The third-order valence-corrected chi connectivity index (χ3v) is 6.62. The third-order valence-electron chi connectivity index (χ3n) is 5.33. The van der Waals surface area contributed by atoms with Gasteiger partial charge in [0.25, 0.3) is 10.0 Å². The van der Waals surface area contributed by atoms with Crippen LogP contribution in [0.3, 0.4) is 0 Å². The fourth-order valence-electron chi connectivity index (χ4n) is 3.83. The lowest BCUT2D eigenvalue weighted by atomic mass is 9.93. The average Bonchev–Trinajstić information content (AvgIpc) is 3.08. The number of nitrogens with zero attached hydrogens (tertiary/aromatic N) is 1. The summed E-state index contributed by atoms with van der Waals surface area (Å²) in [5.74, 6) is 0.809. The fraction of sp³-hybridized carbons (Fsp3) is 0.550. The van der Waals surface area contributed by atoms with Crippen molar-refractivity contribution in [2.45, 2.75) is 69.5 Å². The second-order valence-electron chi connectivity index (χ2n) is 7.55. The molecule has 27 heavy (non-hydrogen) atoms. The van der Waals surface area contributed by atoms with Crippen molar-refractivity contribution in [3.63, 3.8) is 0 Å². The molecule has 148 valence electrons. The normalized spacial score (nSPS) is 17.4. The standard InChI is InChI=1S/C20H30N4O2S/c1-16(12-17-8-4-2-3-5-9-17)22-13-18-10-6-7-11-19(18)24-27(25,26)20-14-21-15-23-20/h6-7,10-11,14-17,22,24H,2-5,8-9,12-13H2,1H3,(H,21,23)/t16-/m0/s1. The molecule has 1 atom stereocenters. The van der Waals surface area contributed by atoms with Crippen molar-refractivity contribution in [2.24, 2.45) is 5.92 Å². The van der Waals surface area contributed by atoms with Crippen molar-refractivity contribution in [1.29, 1.82) is 0 Å². The Kier molecular flexibility index (Phi) is 6.90. The van der Waals surface area contributed by atoms with Gasteiger partial charge in [-0.2, -0.15) is 8.42 Å². The van der Waals surface area contributed by atoms with Crippen LogP contribution in [-0.2, 0) is 16.6 Å². The Morgan fingerprint density at radius 2 is 1.93 bits per heavy atom. The van der Waals surface area contributed by atoms with Gasteiger partial charge < -0.3 is 10.3 Å². The molecule has 0 radical (unpaired) electrons. The smallest absolute Gasteiger partial charge is 0.278 e. The van der Waals surface area contributed by atoms with Crippen molar-refractivity contribution in [3.8, 4) is 0 Å². The molecule has 1 fully saturated rings. The van der Waals surface area contributed by atoms with Crippen molar-refractivity contribution in [1.82, 2.24) is 15.3 Å². The highest BCUT2D eigenvalue weighted by Crippen LogP contribution is 2.26. The largest absolute Gasteiger partial charge is 0.334 e. The summed E-state index contributed by atoms with van der Waals surface area (Å²) in [7, 11) is -3.65. The highest BCUT2D eigenvalue weighted by molar-refractivity contribution is 7.92. The summed E-state index contributed by atoms with van der Waals surface area (Å²) in [5, 5.41) is 3.63. The fourth-order valence-corrected chi connectivity index (χ4v) is 4.84. The lowest BCUT2D eigenvalue weighted by Crippen LogP contribution is -2.28. The van der Waals surface area contributed by atoms with E-state index in [4.69, 9.17) is 0 Å². The summed E-state index contributed by atoms with van der Waals surface area (Å²) >= 11 is 0. The zero-order valence-electron chi connectivity index (χ0n) is 15.9. The van der Waals surface area contributed by atoms with E-state index in [0.29, 0.717) is 18.3 Å². The molecule has 2 aromatic rings. The number of imidazole rings is 1. The number of rotatable bonds is 8. The molecule has 1 saturated carbocycles. The number of nitrogens with one attached hydrogen (secondary N) is 3. The number of aromatic amines is 1. The summed E-state index contributed by atoms with van der Waals surface area (Å²) in [6, 6.07) is 7.92. The topological polar surface area (TPSA) is 86.9 Å². The van der Waals surface area contributed by atoms with E-state index < -0.39 is 10.0 Å². The molecular weight excluding hydrogens is 360 g/mol. The van der Waals surface area contributed by atoms with E-state index in [1.54, 1.807) is 6.07 Å². The number of hydrogen-bond acceptors (Lipinski definition) is 4. The van der Waals surface area contributed by atoms with Crippen LogP contribution in [0.2, 0.25) is 0 Å². The van der Waals surface area contributed by atoms with Gasteiger partial charge in [-0.15, -0.1) is 0 Å². The van der Waals surface area contributed by atoms with Gasteiger partial charge in [0.05, 0.1) is 18.2 Å². The van der Waals surface area contributed by atoms with Crippen molar-refractivity contribution < 1.29 is 8.42 Å². The summed E-state index contributed by atoms with van der Waals surface area (Å²) in [4.78, 5) is 6.43. The predicted molar refractivity (Wildman–Crippen MR) is 108 cm³/mol. The van der Waals surface area contributed by atoms with E-state index >= 15 is 0 Å². The second-order valence-corrected chi connectivity index (χ2v) is 9.20. The molecular formula is C20H30N4O2S. The molecule has 0 spiro atoms. The van der Waals surface area contributed by atoms with Crippen LogP contribution in [0.1, 0.15) is 57.4 Å². The Bertz CT molecular complexity index is 797. The highest BCUT2D eigenvalue weighted by atomic mass is 32.2. The molecule has 1 heterocycles. The minimum absolute atomic E-state index is 0.0620. The molecule has 3 rings (SSSR count). The van der Waals surface area contributed by atoms with Crippen LogP contribution in [0.25, 0.3) is 0 Å². The average molecular weight is 391 g/mol. The van der Waals surface area contributed by atoms with Gasteiger partial charge in [-0.25, -0.2) is 4.98 Å². The first-order valence-electron chi connectivity index (χ1n) is 9.87. The van der Waals surface area contributed by atoms with E-state index in [0.717, 1.165) is 11.5 Å². The predicted octanol–water partition coefficient (Wildman–Crippen LogP) is 4.05. The summed E-state index contributed by atoms with van der Waals surface area (Å²) in [6.45, 7) is 2.86. The lowest BCUT2D eigenvalue weighted by Gasteiger charge is -2.21. The lowest BCUT2D eigenvalue weighted by molar-refractivity contribution is 0.363. The zero-order chi connectivity index (χ0) is 19.1. The minimum Gasteiger partial charge on any atom is -0.334 e. The molecule has 1 aliphatic rings. The van der Waals surface area contributed by atoms with Gasteiger partial charge in [-0.3, -0.25) is 4.72 Å². The van der Waals surface area contributed by atoms with Gasteiger partial charge in [0.2, 0.25) is 0 Å². The van der Waals surface area contributed by atoms with E-state index in [9.17, 15) is 8.42 Å².